The number of amidine groups is 3. The van der Waals surface area contributed by atoms with Crippen molar-refractivity contribution in [2.75, 3.05) is 0 Å². The highest BCUT2D eigenvalue weighted by atomic mass is 16.5. The van der Waals surface area contributed by atoms with Crippen molar-refractivity contribution in [2.45, 2.75) is 27.2 Å². The summed E-state index contributed by atoms with van der Waals surface area (Å²) in [6.07, 6.45) is 0. The summed E-state index contributed by atoms with van der Waals surface area (Å²) < 4.78 is 17.9. The number of ether oxygens (including phenoxy) is 3. The standard InChI is InChI=1S/C30H30N6O3.CH4/c31-28(32)22-1-7-25(8-2-22)37-16-19-13-20(17-38-26-9-3-23(4-10-26)29(33)34)15-21(14-19)18-39-27-11-5-24(6-12-27)30(35)36;/h1-15H,16-18H2,(H3,31,32)(H3,33,34)(H3,35,36);1H4. The highest BCUT2D eigenvalue weighted by Gasteiger charge is 2.07. The molecule has 4 rings (SSSR count). The van der Waals surface area contributed by atoms with E-state index < -0.39 is 0 Å². The summed E-state index contributed by atoms with van der Waals surface area (Å²) in [5.41, 5.74) is 21.3. The van der Waals surface area contributed by atoms with Gasteiger partial charge in [0.05, 0.1) is 0 Å². The molecule has 0 aliphatic carbocycles. The SMILES string of the molecule is C.N=C(N)c1ccc(OCc2cc(COc3ccc(C(=N)N)cc3)cc(COc3ccc(C(=N)N)cc3)c2)cc1. The van der Waals surface area contributed by atoms with Gasteiger partial charge in [-0.15, -0.1) is 0 Å². The Labute approximate surface area is 234 Å². The molecule has 0 saturated carbocycles. The first-order chi connectivity index (χ1) is 18.8. The van der Waals surface area contributed by atoms with Gasteiger partial charge in [-0.2, -0.15) is 0 Å². The molecule has 9 N–H and O–H groups in total. The van der Waals surface area contributed by atoms with E-state index in [-0.39, 0.29) is 24.9 Å². The van der Waals surface area contributed by atoms with E-state index in [0.29, 0.717) is 53.8 Å². The van der Waals surface area contributed by atoms with E-state index in [1.807, 2.05) is 18.2 Å². The lowest BCUT2D eigenvalue weighted by Crippen LogP contribution is -2.10. The molecule has 0 spiro atoms. The van der Waals surface area contributed by atoms with Gasteiger partial charge in [0.1, 0.15) is 54.6 Å². The molecule has 0 aromatic heterocycles. The minimum atomic E-state index is 0. The summed E-state index contributed by atoms with van der Waals surface area (Å²) in [4.78, 5) is 0. The molecule has 4 aromatic carbocycles. The summed E-state index contributed by atoms with van der Waals surface area (Å²) in [7, 11) is 0. The first-order valence-electron chi connectivity index (χ1n) is 12.1. The highest BCUT2D eigenvalue weighted by molar-refractivity contribution is 5.95. The fraction of sp³-hybridized carbons (Fsp3) is 0.129. The number of rotatable bonds is 12. The molecule has 4 aromatic rings. The lowest BCUT2D eigenvalue weighted by atomic mass is 10.1. The van der Waals surface area contributed by atoms with E-state index in [9.17, 15) is 0 Å². The molecule has 9 heteroatoms. The van der Waals surface area contributed by atoms with Crippen LogP contribution in [0, 0.1) is 16.2 Å². The Morgan fingerprint density at radius 1 is 0.450 bits per heavy atom. The van der Waals surface area contributed by atoms with Crippen LogP contribution in [0.15, 0.2) is 91.0 Å². The average molecular weight is 539 g/mol. The number of nitrogens with one attached hydrogen (secondary N) is 3. The number of hydrogen-bond acceptors (Lipinski definition) is 6. The van der Waals surface area contributed by atoms with Crippen LogP contribution in [0.3, 0.4) is 0 Å². The zero-order chi connectivity index (χ0) is 27.8. The number of hydrogen-bond donors (Lipinski definition) is 6. The number of nitrogens with two attached hydrogens (primary N) is 3. The first-order valence-corrected chi connectivity index (χ1v) is 12.1. The van der Waals surface area contributed by atoms with E-state index in [2.05, 4.69) is 0 Å². The quantitative estimate of drug-likeness (QED) is 0.110. The van der Waals surface area contributed by atoms with Crippen molar-refractivity contribution in [3.05, 3.63) is 124 Å². The maximum Gasteiger partial charge on any atom is 0.122 e. The zero-order valence-corrected chi connectivity index (χ0v) is 21.2. The van der Waals surface area contributed by atoms with Gasteiger partial charge in [-0.25, -0.2) is 0 Å². The fourth-order valence-electron chi connectivity index (χ4n) is 3.78. The van der Waals surface area contributed by atoms with Crippen molar-refractivity contribution in [3.8, 4) is 17.2 Å². The fourth-order valence-corrected chi connectivity index (χ4v) is 3.78. The van der Waals surface area contributed by atoms with Crippen molar-refractivity contribution in [1.29, 1.82) is 16.2 Å². The van der Waals surface area contributed by atoms with Crippen LogP contribution in [0.25, 0.3) is 0 Å². The molecule has 0 fully saturated rings. The highest BCUT2D eigenvalue weighted by Crippen LogP contribution is 2.20. The van der Waals surface area contributed by atoms with Crippen molar-refractivity contribution >= 4 is 17.5 Å². The van der Waals surface area contributed by atoms with Gasteiger partial charge < -0.3 is 31.4 Å². The van der Waals surface area contributed by atoms with Crippen LogP contribution >= 0.6 is 0 Å². The van der Waals surface area contributed by atoms with Gasteiger partial charge >= 0.3 is 0 Å². The minimum Gasteiger partial charge on any atom is -0.489 e. The second-order valence-electron chi connectivity index (χ2n) is 8.84. The van der Waals surface area contributed by atoms with Crippen LogP contribution < -0.4 is 31.4 Å². The zero-order valence-electron chi connectivity index (χ0n) is 21.2. The van der Waals surface area contributed by atoms with Gasteiger partial charge in [0.2, 0.25) is 0 Å². The maximum absolute atomic E-state index is 7.53. The Bertz CT molecular complexity index is 1280. The summed E-state index contributed by atoms with van der Waals surface area (Å²) in [6.45, 7) is 0.961. The van der Waals surface area contributed by atoms with Crippen LogP contribution in [0.5, 0.6) is 17.2 Å². The Morgan fingerprint density at radius 3 is 0.875 bits per heavy atom. The third kappa shape index (κ3) is 8.09. The molecule has 0 atom stereocenters. The maximum atomic E-state index is 7.53. The molecule has 9 nitrogen and oxygen atoms in total. The van der Waals surface area contributed by atoms with Crippen LogP contribution in [-0.4, -0.2) is 17.5 Å². The van der Waals surface area contributed by atoms with Crippen molar-refractivity contribution in [2.24, 2.45) is 17.2 Å². The van der Waals surface area contributed by atoms with Crippen molar-refractivity contribution < 1.29 is 14.2 Å². The lowest BCUT2D eigenvalue weighted by Gasteiger charge is -2.14. The third-order valence-corrected chi connectivity index (χ3v) is 5.82. The molecule has 0 saturated heterocycles. The first kappa shape index (κ1) is 29.2. The Balaban J connectivity index is 0.00000441. The molecular formula is C31H34N6O3. The molecule has 0 heterocycles. The number of benzene rings is 4. The summed E-state index contributed by atoms with van der Waals surface area (Å²) in [5, 5.41) is 22.6. The van der Waals surface area contributed by atoms with Gasteiger partial charge in [-0.3, -0.25) is 16.2 Å². The molecule has 0 aliphatic heterocycles. The normalized spacial score (nSPS) is 10.2. The van der Waals surface area contributed by atoms with Gasteiger partial charge in [-0.05, 0) is 108 Å². The van der Waals surface area contributed by atoms with Gasteiger partial charge in [0.25, 0.3) is 0 Å². The Hall–Kier alpha value is -5.31. The van der Waals surface area contributed by atoms with Crippen LogP contribution in [-0.2, 0) is 19.8 Å². The van der Waals surface area contributed by atoms with Crippen LogP contribution in [0.4, 0.5) is 0 Å². The molecular weight excluding hydrogens is 504 g/mol. The topological polar surface area (TPSA) is 177 Å². The van der Waals surface area contributed by atoms with E-state index in [1.165, 1.54) is 0 Å². The number of nitrogen functional groups attached to an aromatic ring is 3. The second-order valence-corrected chi connectivity index (χ2v) is 8.84. The second kappa shape index (κ2) is 13.5. The molecule has 206 valence electrons. The lowest BCUT2D eigenvalue weighted by molar-refractivity contribution is 0.293. The van der Waals surface area contributed by atoms with Crippen LogP contribution in [0.2, 0.25) is 0 Å². The molecule has 0 unspecified atom stereocenters. The van der Waals surface area contributed by atoms with Gasteiger partial charge in [0, 0.05) is 16.7 Å². The summed E-state index contributed by atoms with van der Waals surface area (Å²) in [6, 6.07) is 27.2. The smallest absolute Gasteiger partial charge is 0.122 e. The van der Waals surface area contributed by atoms with E-state index >= 15 is 0 Å². The van der Waals surface area contributed by atoms with Gasteiger partial charge in [0.15, 0.2) is 0 Å². The summed E-state index contributed by atoms with van der Waals surface area (Å²) >= 11 is 0. The van der Waals surface area contributed by atoms with Crippen molar-refractivity contribution in [3.63, 3.8) is 0 Å². The van der Waals surface area contributed by atoms with Crippen molar-refractivity contribution in [1.82, 2.24) is 0 Å². The van der Waals surface area contributed by atoms with E-state index in [0.717, 1.165) is 16.7 Å². The van der Waals surface area contributed by atoms with Gasteiger partial charge in [-0.1, -0.05) is 7.43 Å². The largest absolute Gasteiger partial charge is 0.489 e. The minimum absolute atomic E-state index is 0. The Kier molecular flexibility index (Phi) is 9.85. The predicted octanol–water partition coefficient (Wildman–Crippen LogP) is 4.91. The molecule has 40 heavy (non-hydrogen) atoms. The summed E-state index contributed by atoms with van der Waals surface area (Å²) in [5.74, 6) is 2.00. The monoisotopic (exact) mass is 538 g/mol. The molecule has 0 aliphatic rings. The van der Waals surface area contributed by atoms with E-state index in [1.54, 1.807) is 72.8 Å². The van der Waals surface area contributed by atoms with Crippen LogP contribution in [0.1, 0.15) is 40.8 Å². The predicted molar refractivity (Wildman–Crippen MR) is 159 cm³/mol. The third-order valence-electron chi connectivity index (χ3n) is 5.82. The Morgan fingerprint density at radius 2 is 0.675 bits per heavy atom. The molecule has 0 bridgehead atoms. The average Bonchev–Trinajstić information content (AvgIpc) is 2.94. The molecule has 0 radical (unpaired) electrons. The molecule has 0 amide bonds. The van der Waals surface area contributed by atoms with E-state index in [4.69, 9.17) is 47.6 Å².